The molecule has 1 aliphatic carbocycles. The van der Waals surface area contributed by atoms with Crippen molar-refractivity contribution >= 4 is 28.1 Å². The molecule has 0 bridgehead atoms. The fourth-order valence-electron chi connectivity index (χ4n) is 5.65. The number of hydrogen-bond acceptors (Lipinski definition) is 6. The van der Waals surface area contributed by atoms with Gasteiger partial charge in [-0.25, -0.2) is 0 Å². The molecule has 3 aromatic rings. The quantitative estimate of drug-likeness (QED) is 0.430. The van der Waals surface area contributed by atoms with E-state index in [0.29, 0.717) is 25.4 Å². The van der Waals surface area contributed by atoms with Crippen LogP contribution < -0.4 is 10.6 Å². The summed E-state index contributed by atoms with van der Waals surface area (Å²) in [6, 6.07) is 9.93. The smallest absolute Gasteiger partial charge is 0.195 e. The van der Waals surface area contributed by atoms with Crippen molar-refractivity contribution < 1.29 is 14.3 Å². The Balaban J connectivity index is 1.47. The number of H-pyrrole nitrogens is 1. The molecule has 3 aliphatic rings. The number of anilines is 2. The summed E-state index contributed by atoms with van der Waals surface area (Å²) in [5.74, 6) is 6.84. The molecule has 7 nitrogen and oxygen atoms in total. The first-order valence-electron chi connectivity index (χ1n) is 12.7. The van der Waals surface area contributed by atoms with E-state index in [9.17, 15) is 4.79 Å². The molecule has 6 rings (SSSR count). The largest absolute Gasteiger partial charge is 0.399 e. The van der Waals surface area contributed by atoms with Gasteiger partial charge >= 0.3 is 0 Å². The van der Waals surface area contributed by atoms with E-state index in [1.165, 1.54) is 0 Å². The van der Waals surface area contributed by atoms with Crippen LogP contribution in [-0.2, 0) is 14.9 Å². The molecule has 0 radical (unpaired) electrons. The van der Waals surface area contributed by atoms with E-state index < -0.39 is 0 Å². The highest BCUT2D eigenvalue weighted by atomic mass is 16.5. The minimum absolute atomic E-state index is 0.0418. The number of ether oxygens (including phenoxy) is 2. The molecule has 2 aliphatic heterocycles. The fraction of sp³-hybridized carbons (Fsp3) is 0.414. The molecule has 0 amide bonds. The molecule has 2 aromatic carbocycles. The first-order valence-corrected chi connectivity index (χ1v) is 12.7. The van der Waals surface area contributed by atoms with Crippen molar-refractivity contribution in [2.24, 2.45) is 0 Å². The van der Waals surface area contributed by atoms with E-state index in [1.807, 2.05) is 24.3 Å². The van der Waals surface area contributed by atoms with Crippen LogP contribution >= 0.6 is 0 Å². The highest BCUT2D eigenvalue weighted by molar-refractivity contribution is 6.20. The average Bonchev–Trinajstić information content (AvgIpc) is 3.28. The molecule has 36 heavy (non-hydrogen) atoms. The average molecular weight is 485 g/mol. The lowest BCUT2D eigenvalue weighted by atomic mass is 9.70. The molecular formula is C29H32N4O3. The number of benzene rings is 2. The Hall–Kier alpha value is -3.31. The van der Waals surface area contributed by atoms with Crippen molar-refractivity contribution in [3.8, 4) is 11.8 Å². The predicted molar refractivity (Wildman–Crippen MR) is 142 cm³/mol. The number of nitrogens with one attached hydrogen (secondary N) is 1. The molecule has 0 atom stereocenters. The minimum atomic E-state index is -0.382. The maximum Gasteiger partial charge on any atom is 0.195 e. The lowest BCUT2D eigenvalue weighted by Gasteiger charge is -2.35. The van der Waals surface area contributed by atoms with Crippen LogP contribution in [0, 0.1) is 11.8 Å². The highest BCUT2D eigenvalue weighted by Gasteiger charge is 2.40. The summed E-state index contributed by atoms with van der Waals surface area (Å²) in [4.78, 5) is 22.1. The monoisotopic (exact) mass is 484 g/mol. The summed E-state index contributed by atoms with van der Waals surface area (Å²) in [6.45, 7) is 11.3. The van der Waals surface area contributed by atoms with Gasteiger partial charge in [0.25, 0.3) is 0 Å². The van der Waals surface area contributed by atoms with Crippen LogP contribution in [0.2, 0.25) is 0 Å². The molecule has 2 fully saturated rings. The zero-order valence-electron chi connectivity index (χ0n) is 20.9. The third-order valence-electron chi connectivity index (χ3n) is 7.71. The first kappa shape index (κ1) is 23.1. The highest BCUT2D eigenvalue weighted by Crippen LogP contribution is 2.45. The number of aromatic nitrogens is 1. The van der Waals surface area contributed by atoms with Crippen LogP contribution in [0.1, 0.15) is 46.6 Å². The molecule has 0 saturated carbocycles. The maximum atomic E-state index is 14.0. The number of nitrogen functional groups attached to an aromatic ring is 1. The van der Waals surface area contributed by atoms with Gasteiger partial charge in [0.05, 0.1) is 44.2 Å². The van der Waals surface area contributed by atoms with Gasteiger partial charge in [0, 0.05) is 65.0 Å². The molecule has 1 aromatic heterocycles. The van der Waals surface area contributed by atoms with Crippen molar-refractivity contribution in [2.75, 3.05) is 69.8 Å². The molecule has 0 spiro atoms. The number of ketones is 1. The van der Waals surface area contributed by atoms with E-state index in [1.54, 1.807) is 0 Å². The van der Waals surface area contributed by atoms with Crippen molar-refractivity contribution in [1.29, 1.82) is 0 Å². The third kappa shape index (κ3) is 3.86. The summed E-state index contributed by atoms with van der Waals surface area (Å²) >= 11 is 0. The minimum Gasteiger partial charge on any atom is -0.399 e. The number of hydrogen-bond donors (Lipinski definition) is 2. The number of aromatic amines is 1. The van der Waals surface area contributed by atoms with Gasteiger partial charge in [-0.2, -0.15) is 0 Å². The summed E-state index contributed by atoms with van der Waals surface area (Å²) < 4.78 is 11.1. The molecular weight excluding hydrogens is 452 g/mol. The number of morpholine rings is 2. The molecule has 3 heterocycles. The van der Waals surface area contributed by atoms with E-state index in [-0.39, 0.29) is 11.2 Å². The lowest BCUT2D eigenvalue weighted by molar-refractivity contribution is 0.0443. The second-order valence-corrected chi connectivity index (χ2v) is 10.3. The first-order chi connectivity index (χ1) is 17.4. The Morgan fingerprint density at radius 3 is 2.50 bits per heavy atom. The van der Waals surface area contributed by atoms with Crippen molar-refractivity contribution in [3.05, 3.63) is 58.3 Å². The third-order valence-corrected chi connectivity index (χ3v) is 7.71. The Morgan fingerprint density at radius 2 is 1.75 bits per heavy atom. The van der Waals surface area contributed by atoms with Crippen LogP contribution in [0.25, 0.3) is 10.9 Å². The number of carbonyl (C=O) groups is 1. The van der Waals surface area contributed by atoms with Crippen LogP contribution in [0.4, 0.5) is 11.4 Å². The Labute approximate surface area is 211 Å². The SMILES string of the molecule is CC1(C)c2cc(N3CCOCC3)c(C#CCN3CCOCC3)cc2C(=O)c2c1[nH]c1cc(N)ccc21. The van der Waals surface area contributed by atoms with Gasteiger partial charge in [0.2, 0.25) is 0 Å². The molecule has 7 heteroatoms. The standard InChI is InChI=1S/C29H32N4O3/c1-29(2)23-18-25(33-10-14-36-15-11-33)19(4-3-7-32-8-12-35-13-9-32)16-22(23)27(34)26-21-6-5-20(30)17-24(21)31-28(26)29/h5-6,16-18,31H,7-15,30H2,1-2H3. The lowest BCUT2D eigenvalue weighted by Crippen LogP contribution is -2.38. The summed E-state index contributed by atoms with van der Waals surface area (Å²) in [7, 11) is 0. The van der Waals surface area contributed by atoms with Crippen LogP contribution in [0.5, 0.6) is 0 Å². The van der Waals surface area contributed by atoms with Gasteiger partial charge in [0.15, 0.2) is 5.78 Å². The Bertz CT molecular complexity index is 1400. The van der Waals surface area contributed by atoms with Gasteiger partial charge in [-0.1, -0.05) is 31.8 Å². The zero-order chi connectivity index (χ0) is 24.9. The van der Waals surface area contributed by atoms with Gasteiger partial charge < -0.3 is 25.1 Å². The second-order valence-electron chi connectivity index (χ2n) is 10.3. The van der Waals surface area contributed by atoms with E-state index in [4.69, 9.17) is 15.2 Å². The normalized spacial score (nSPS) is 19.5. The van der Waals surface area contributed by atoms with Crippen molar-refractivity contribution in [1.82, 2.24) is 9.88 Å². The molecule has 186 valence electrons. The van der Waals surface area contributed by atoms with Gasteiger partial charge in [-0.3, -0.25) is 9.69 Å². The van der Waals surface area contributed by atoms with E-state index >= 15 is 0 Å². The fourth-order valence-corrected chi connectivity index (χ4v) is 5.65. The van der Waals surface area contributed by atoms with Crippen LogP contribution in [0.15, 0.2) is 30.3 Å². The number of carbonyl (C=O) groups excluding carboxylic acids is 1. The number of fused-ring (bicyclic) bond motifs is 4. The van der Waals surface area contributed by atoms with E-state index in [2.05, 4.69) is 46.5 Å². The second kappa shape index (κ2) is 8.97. The van der Waals surface area contributed by atoms with Crippen LogP contribution in [0.3, 0.4) is 0 Å². The summed E-state index contributed by atoms with van der Waals surface area (Å²) in [6.07, 6.45) is 0. The Morgan fingerprint density at radius 1 is 1.03 bits per heavy atom. The van der Waals surface area contributed by atoms with Gasteiger partial charge in [-0.15, -0.1) is 0 Å². The summed E-state index contributed by atoms with van der Waals surface area (Å²) in [5, 5.41) is 0.917. The topological polar surface area (TPSA) is 83.8 Å². The summed E-state index contributed by atoms with van der Waals surface area (Å²) in [5.41, 5.74) is 12.7. The number of nitrogens with zero attached hydrogens (tertiary/aromatic N) is 2. The van der Waals surface area contributed by atoms with Gasteiger partial charge in [-0.05, 0) is 29.8 Å². The molecule has 0 unspecified atom stereocenters. The number of nitrogens with two attached hydrogens (primary N) is 1. The van der Waals surface area contributed by atoms with E-state index in [0.717, 1.165) is 83.9 Å². The predicted octanol–water partition coefficient (Wildman–Crippen LogP) is 3.14. The zero-order valence-corrected chi connectivity index (χ0v) is 20.9. The number of rotatable bonds is 2. The van der Waals surface area contributed by atoms with Gasteiger partial charge in [0.1, 0.15) is 0 Å². The van der Waals surface area contributed by atoms with Crippen molar-refractivity contribution in [3.63, 3.8) is 0 Å². The van der Waals surface area contributed by atoms with Crippen molar-refractivity contribution in [2.45, 2.75) is 19.3 Å². The molecule has 2 saturated heterocycles. The molecule has 3 N–H and O–H groups in total. The maximum absolute atomic E-state index is 14.0. The Kier molecular flexibility index (Phi) is 5.76. The van der Waals surface area contributed by atoms with Crippen LogP contribution in [-0.4, -0.2) is 74.8 Å².